The largest absolute Gasteiger partial charge is 0.493 e. The van der Waals surface area contributed by atoms with E-state index in [0.717, 1.165) is 18.2 Å². The van der Waals surface area contributed by atoms with Gasteiger partial charge >= 0.3 is 5.38 Å². The van der Waals surface area contributed by atoms with Crippen molar-refractivity contribution in [2.75, 3.05) is 6.61 Å². The van der Waals surface area contributed by atoms with Gasteiger partial charge in [0.05, 0.1) is 12.2 Å². The molecule has 0 aliphatic rings. The first kappa shape index (κ1) is 13.8. The molecule has 17 heavy (non-hydrogen) atoms. The monoisotopic (exact) mass is 266 g/mol. The van der Waals surface area contributed by atoms with E-state index in [4.69, 9.17) is 4.74 Å². The molecule has 0 saturated carbocycles. The van der Waals surface area contributed by atoms with Gasteiger partial charge in [-0.3, -0.25) is 4.79 Å². The Morgan fingerprint density at radius 1 is 1.47 bits per heavy atom. The summed E-state index contributed by atoms with van der Waals surface area (Å²) in [5, 5.41) is -4.03. The summed E-state index contributed by atoms with van der Waals surface area (Å²) >= 11 is 4.63. The van der Waals surface area contributed by atoms with Crippen LogP contribution in [0.2, 0.25) is 0 Å². The van der Waals surface area contributed by atoms with E-state index in [1.54, 1.807) is 6.92 Å². The predicted octanol–water partition coefficient (Wildman–Crippen LogP) is 3.63. The van der Waals surface area contributed by atoms with Gasteiger partial charge in [-0.1, -0.05) is 6.92 Å². The molecule has 0 unspecified atom stereocenters. The number of hydrogen-bond donors (Lipinski definition) is 0. The predicted molar refractivity (Wildman–Crippen MR) is 57.3 cm³/mol. The number of carbonyl (C=O) groups is 1. The van der Waals surface area contributed by atoms with Crippen molar-refractivity contribution in [2.45, 2.75) is 18.7 Å². The molecular weight excluding hydrogens is 257 g/mol. The van der Waals surface area contributed by atoms with Gasteiger partial charge in [0.15, 0.2) is 0 Å². The van der Waals surface area contributed by atoms with Gasteiger partial charge in [-0.25, -0.2) is 4.39 Å². The Morgan fingerprint density at radius 2 is 2.12 bits per heavy atom. The highest BCUT2D eigenvalue weighted by Gasteiger charge is 2.38. The minimum atomic E-state index is -4.03. The molecule has 0 saturated heterocycles. The summed E-state index contributed by atoms with van der Waals surface area (Å²) in [5.41, 5.74) is -0.431. The molecule has 0 radical (unpaired) electrons. The van der Waals surface area contributed by atoms with E-state index in [2.05, 4.69) is 11.6 Å². The Kier molecular flexibility index (Phi) is 4.40. The van der Waals surface area contributed by atoms with E-state index in [0.29, 0.717) is 6.42 Å². The van der Waals surface area contributed by atoms with Crippen LogP contribution in [0.4, 0.5) is 13.2 Å². The van der Waals surface area contributed by atoms with Gasteiger partial charge in [-0.15, -0.1) is 0 Å². The number of ketones is 1. The van der Waals surface area contributed by atoms with Gasteiger partial charge in [0.1, 0.15) is 11.6 Å². The molecule has 94 valence electrons. The van der Waals surface area contributed by atoms with Crippen molar-refractivity contribution in [1.29, 1.82) is 0 Å². The summed E-state index contributed by atoms with van der Waals surface area (Å²) in [6, 6.07) is 2.71. The van der Waals surface area contributed by atoms with Gasteiger partial charge in [-0.05, 0) is 30.2 Å². The fourth-order valence-electron chi connectivity index (χ4n) is 1.17. The van der Waals surface area contributed by atoms with Crippen LogP contribution in [0.25, 0.3) is 0 Å². The number of carbonyl (C=O) groups excluding carboxylic acids is 1. The zero-order chi connectivity index (χ0) is 13.1. The second-order valence-corrected chi connectivity index (χ2v) is 3.79. The van der Waals surface area contributed by atoms with Gasteiger partial charge in [0.2, 0.25) is 0 Å². The Balaban J connectivity index is 3.10. The van der Waals surface area contributed by atoms with Crippen molar-refractivity contribution in [3.63, 3.8) is 0 Å². The molecule has 0 spiro atoms. The van der Waals surface area contributed by atoms with Gasteiger partial charge in [0, 0.05) is 6.07 Å². The highest BCUT2D eigenvalue weighted by Crippen LogP contribution is 2.30. The normalized spacial score (nSPS) is 11.4. The van der Waals surface area contributed by atoms with Crippen molar-refractivity contribution >= 4 is 17.4 Å². The van der Waals surface area contributed by atoms with Crippen molar-refractivity contribution in [1.82, 2.24) is 0 Å². The molecule has 1 rings (SSSR count). The lowest BCUT2D eigenvalue weighted by atomic mass is 10.1. The Morgan fingerprint density at radius 3 is 2.65 bits per heavy atom. The fraction of sp³-hybridized carbons (Fsp3) is 0.364. The summed E-state index contributed by atoms with van der Waals surface area (Å²) in [7, 11) is 0. The zero-order valence-corrected chi connectivity index (χ0v) is 9.73. The molecule has 0 heterocycles. The number of hydrogen-bond acceptors (Lipinski definition) is 2. The van der Waals surface area contributed by atoms with Gasteiger partial charge in [0.25, 0.3) is 5.78 Å². The maximum Gasteiger partial charge on any atom is 0.385 e. The lowest BCUT2D eigenvalue weighted by Gasteiger charge is -2.12. The average molecular weight is 267 g/mol. The van der Waals surface area contributed by atoms with Gasteiger partial charge < -0.3 is 4.74 Å². The standard InChI is InChI=1S/C11H10ClF3O2/c1-2-5-17-9-6-7(13)3-4-8(9)10(16)11(12,14)15/h3-4,6H,2,5H2,1H3. The van der Waals surface area contributed by atoms with Crippen LogP contribution in [0.3, 0.4) is 0 Å². The number of alkyl halides is 3. The molecule has 2 nitrogen and oxygen atoms in total. The highest BCUT2D eigenvalue weighted by atomic mass is 35.5. The second kappa shape index (κ2) is 5.40. The molecule has 1 aromatic carbocycles. The summed E-state index contributed by atoms with van der Waals surface area (Å²) in [5.74, 6) is -2.51. The van der Waals surface area contributed by atoms with Crippen LogP contribution < -0.4 is 4.74 Å². The number of benzene rings is 1. The zero-order valence-electron chi connectivity index (χ0n) is 8.97. The van der Waals surface area contributed by atoms with Crippen LogP contribution >= 0.6 is 11.6 Å². The number of ether oxygens (including phenoxy) is 1. The molecule has 0 bridgehead atoms. The van der Waals surface area contributed by atoms with E-state index in [1.165, 1.54) is 0 Å². The minimum absolute atomic E-state index is 0.192. The topological polar surface area (TPSA) is 26.3 Å². The van der Waals surface area contributed by atoms with Crippen LogP contribution in [0.15, 0.2) is 18.2 Å². The number of Topliss-reactive ketones (excluding diaryl/α,β-unsaturated/α-hetero) is 1. The first-order valence-electron chi connectivity index (χ1n) is 4.90. The molecule has 0 aliphatic heterocycles. The SMILES string of the molecule is CCCOc1cc(F)ccc1C(=O)C(F)(F)Cl. The van der Waals surface area contributed by atoms with E-state index >= 15 is 0 Å². The molecular formula is C11H10ClF3O2. The van der Waals surface area contributed by atoms with Crippen LogP contribution in [0.5, 0.6) is 5.75 Å². The average Bonchev–Trinajstić information content (AvgIpc) is 2.24. The molecule has 0 fully saturated rings. The van der Waals surface area contributed by atoms with E-state index in [1.807, 2.05) is 0 Å². The summed E-state index contributed by atoms with van der Waals surface area (Å²) in [6.45, 7) is 1.98. The third-order valence-electron chi connectivity index (χ3n) is 1.91. The van der Waals surface area contributed by atoms with Gasteiger partial charge in [-0.2, -0.15) is 8.78 Å². The molecule has 0 atom stereocenters. The smallest absolute Gasteiger partial charge is 0.385 e. The first-order chi connectivity index (χ1) is 7.86. The lowest BCUT2D eigenvalue weighted by molar-refractivity contribution is 0.0532. The molecule has 0 aromatic heterocycles. The number of halogens is 4. The van der Waals surface area contributed by atoms with Crippen molar-refractivity contribution in [3.8, 4) is 5.75 Å². The van der Waals surface area contributed by atoms with Crippen LogP contribution in [0.1, 0.15) is 23.7 Å². The van der Waals surface area contributed by atoms with Crippen LogP contribution in [-0.2, 0) is 0 Å². The van der Waals surface area contributed by atoms with Crippen LogP contribution in [0, 0.1) is 5.82 Å². The first-order valence-corrected chi connectivity index (χ1v) is 5.28. The third kappa shape index (κ3) is 3.63. The quantitative estimate of drug-likeness (QED) is 0.601. The minimum Gasteiger partial charge on any atom is -0.493 e. The fourth-order valence-corrected chi connectivity index (χ4v) is 1.27. The highest BCUT2D eigenvalue weighted by molar-refractivity contribution is 6.35. The van der Waals surface area contributed by atoms with Crippen molar-refractivity contribution < 1.29 is 22.7 Å². The van der Waals surface area contributed by atoms with Crippen molar-refractivity contribution in [3.05, 3.63) is 29.6 Å². The Hall–Kier alpha value is -1.23. The molecule has 6 heteroatoms. The lowest BCUT2D eigenvalue weighted by Crippen LogP contribution is -2.22. The second-order valence-electron chi connectivity index (χ2n) is 3.32. The third-order valence-corrected chi connectivity index (χ3v) is 2.08. The summed E-state index contributed by atoms with van der Waals surface area (Å²) in [4.78, 5) is 11.3. The van der Waals surface area contributed by atoms with E-state index < -0.39 is 22.5 Å². The molecule has 0 aliphatic carbocycles. The van der Waals surface area contributed by atoms with E-state index in [9.17, 15) is 18.0 Å². The molecule has 1 aromatic rings. The maximum absolute atomic E-state index is 12.9. The van der Waals surface area contributed by atoms with Crippen LogP contribution in [-0.4, -0.2) is 17.8 Å². The summed E-state index contributed by atoms with van der Waals surface area (Å²) < 4.78 is 43.3. The summed E-state index contributed by atoms with van der Waals surface area (Å²) in [6.07, 6.45) is 0.599. The van der Waals surface area contributed by atoms with E-state index in [-0.39, 0.29) is 12.4 Å². The Bertz CT molecular complexity index is 416. The van der Waals surface area contributed by atoms with Crippen molar-refractivity contribution in [2.24, 2.45) is 0 Å². The maximum atomic E-state index is 12.9. The molecule has 0 amide bonds. The molecule has 0 N–H and O–H groups in total. The Labute approximate surface area is 101 Å². The number of rotatable bonds is 5.